The second-order valence-corrected chi connectivity index (χ2v) is 8.71. The van der Waals surface area contributed by atoms with Crippen LogP contribution in [0.15, 0.2) is 29.2 Å². The fourth-order valence-corrected chi connectivity index (χ4v) is 4.25. The van der Waals surface area contributed by atoms with E-state index in [9.17, 15) is 19.5 Å². The molecule has 0 saturated heterocycles. The predicted octanol–water partition coefficient (Wildman–Crippen LogP) is 3.08. The van der Waals surface area contributed by atoms with E-state index >= 15 is 0 Å². The van der Waals surface area contributed by atoms with Crippen LogP contribution in [-0.4, -0.2) is 59.5 Å². The third-order valence-electron chi connectivity index (χ3n) is 4.93. The Bertz CT molecular complexity index is 1350. The van der Waals surface area contributed by atoms with Crippen LogP contribution >= 0.6 is 34.8 Å². The van der Waals surface area contributed by atoms with Crippen molar-refractivity contribution >= 4 is 57.6 Å². The van der Waals surface area contributed by atoms with E-state index in [0.29, 0.717) is 17.1 Å². The normalized spacial score (nSPS) is 11.8. The molecule has 0 fully saturated rings. The van der Waals surface area contributed by atoms with Crippen LogP contribution in [0.4, 0.5) is 0 Å². The number of halogens is 3. The molecule has 36 heavy (non-hydrogen) atoms. The van der Waals surface area contributed by atoms with E-state index in [1.807, 2.05) is 0 Å². The zero-order valence-corrected chi connectivity index (χ0v) is 21.7. The highest BCUT2D eigenvalue weighted by atomic mass is 35.5. The first kappa shape index (κ1) is 27.5. The molecule has 13 heteroatoms. The quantitative estimate of drug-likeness (QED) is 0.303. The Balaban J connectivity index is 2.08. The van der Waals surface area contributed by atoms with Crippen molar-refractivity contribution < 1.29 is 28.9 Å². The Morgan fingerprint density at radius 1 is 1.11 bits per heavy atom. The number of likely N-dealkylation sites (N-methyl/N-ethyl adjacent to an activating group) is 1. The molecule has 10 nitrogen and oxygen atoms in total. The zero-order chi connectivity index (χ0) is 26.6. The lowest BCUT2D eigenvalue weighted by Crippen LogP contribution is -2.36. The number of carbonyl (C=O) groups excluding carboxylic acids is 2. The summed E-state index contributed by atoms with van der Waals surface area (Å²) in [5.41, 5.74) is 0.547. The number of hydrogen-bond donors (Lipinski definition) is 2. The van der Waals surface area contributed by atoms with Gasteiger partial charge in [-0.2, -0.15) is 0 Å². The van der Waals surface area contributed by atoms with Crippen LogP contribution in [0.2, 0.25) is 15.1 Å². The number of ether oxygens (including phenoxy) is 3. The number of hydrogen-bond acceptors (Lipinski definition) is 8. The first-order valence-electron chi connectivity index (χ1n) is 10.5. The minimum Gasteiger partial charge on any atom is -0.490 e. The van der Waals surface area contributed by atoms with Crippen molar-refractivity contribution in [1.82, 2.24) is 14.9 Å². The lowest BCUT2D eigenvalue weighted by atomic mass is 10.2. The molecule has 0 radical (unpaired) electrons. The van der Waals surface area contributed by atoms with Crippen molar-refractivity contribution in [2.45, 2.75) is 20.0 Å². The van der Waals surface area contributed by atoms with E-state index < -0.39 is 30.0 Å². The Kier molecular flexibility index (Phi) is 9.02. The van der Waals surface area contributed by atoms with Crippen molar-refractivity contribution in [2.24, 2.45) is 0 Å². The van der Waals surface area contributed by atoms with Gasteiger partial charge < -0.3 is 29.2 Å². The molecule has 0 aliphatic heterocycles. The number of aryl methyl sites for hydroxylation is 1. The largest absolute Gasteiger partial charge is 0.490 e. The summed E-state index contributed by atoms with van der Waals surface area (Å²) in [6.07, 6.45) is -0.206. The minimum absolute atomic E-state index is 0.00560. The number of fused-ring (bicyclic) bond motifs is 1. The Morgan fingerprint density at radius 3 is 2.39 bits per heavy atom. The first-order chi connectivity index (χ1) is 17.0. The van der Waals surface area contributed by atoms with Crippen LogP contribution in [0.1, 0.15) is 12.6 Å². The van der Waals surface area contributed by atoms with E-state index in [4.69, 9.17) is 49.0 Å². The second-order valence-electron chi connectivity index (χ2n) is 7.49. The van der Waals surface area contributed by atoms with Gasteiger partial charge in [0.1, 0.15) is 31.0 Å². The Hall–Kier alpha value is -3.05. The summed E-state index contributed by atoms with van der Waals surface area (Å²) in [7, 11) is 1.37. The van der Waals surface area contributed by atoms with Crippen molar-refractivity contribution in [3.05, 3.63) is 55.4 Å². The summed E-state index contributed by atoms with van der Waals surface area (Å²) in [6, 6.07) is 4.37. The van der Waals surface area contributed by atoms with Gasteiger partial charge in [0.05, 0.1) is 32.5 Å². The number of esters is 1. The van der Waals surface area contributed by atoms with Gasteiger partial charge in [-0.15, -0.1) is 0 Å². The number of rotatable bonds is 9. The number of benzene rings is 1. The van der Waals surface area contributed by atoms with Crippen LogP contribution in [-0.2, 0) is 14.3 Å². The lowest BCUT2D eigenvalue weighted by molar-refractivity contribution is -0.141. The molecule has 0 bridgehead atoms. The maximum absolute atomic E-state index is 13.0. The highest BCUT2D eigenvalue weighted by Gasteiger charge is 2.22. The van der Waals surface area contributed by atoms with Crippen LogP contribution in [0.5, 0.6) is 11.6 Å². The molecule has 0 saturated carbocycles. The molecule has 1 aromatic carbocycles. The molecule has 2 N–H and O–H groups in total. The number of pyridine rings is 2. The summed E-state index contributed by atoms with van der Waals surface area (Å²) in [5, 5.41) is 12.7. The SMILES string of the molecule is CNC(=O)[C@@H](O)COc1ncc(Cl)c2c1c(=O)cc(C)n2-c1c(Cl)cc(OCCOC(C)=O)cc1Cl. The van der Waals surface area contributed by atoms with E-state index in [1.165, 1.54) is 38.4 Å². The number of aliphatic hydroxyl groups is 1. The summed E-state index contributed by atoms with van der Waals surface area (Å²) in [5.74, 6) is -0.878. The highest BCUT2D eigenvalue weighted by molar-refractivity contribution is 6.39. The molecule has 2 heterocycles. The molecule has 0 spiro atoms. The third kappa shape index (κ3) is 6.01. The molecule has 1 amide bonds. The van der Waals surface area contributed by atoms with Gasteiger partial charge in [0.2, 0.25) is 5.88 Å². The Morgan fingerprint density at radius 2 is 1.78 bits per heavy atom. The van der Waals surface area contributed by atoms with E-state index in [1.54, 1.807) is 11.5 Å². The van der Waals surface area contributed by atoms with Crippen molar-refractivity contribution in [3.8, 4) is 17.3 Å². The predicted molar refractivity (Wildman–Crippen MR) is 135 cm³/mol. The summed E-state index contributed by atoms with van der Waals surface area (Å²) < 4.78 is 17.5. The van der Waals surface area contributed by atoms with Gasteiger partial charge in [0.15, 0.2) is 11.5 Å². The van der Waals surface area contributed by atoms with Crippen molar-refractivity contribution in [2.75, 3.05) is 26.9 Å². The number of aliphatic hydroxyl groups excluding tert-OH is 1. The van der Waals surface area contributed by atoms with Gasteiger partial charge in [-0.05, 0) is 6.92 Å². The molecular weight excluding hydrogens is 537 g/mol. The standard InChI is InChI=1S/C23H22Cl3N3O7/c1-11-6-17(31)19-21(16(26)9-28-23(19)36-10-18(32)22(33)27-3)29(11)20-14(24)7-13(8-15(20)25)35-5-4-34-12(2)30/h6-9,18,32H,4-5,10H2,1-3H3,(H,27,33)/t18-/m0/s1. The van der Waals surface area contributed by atoms with E-state index in [0.717, 1.165) is 0 Å². The number of carbonyl (C=O) groups is 2. The lowest BCUT2D eigenvalue weighted by Gasteiger charge is -2.20. The monoisotopic (exact) mass is 557 g/mol. The molecule has 192 valence electrons. The average Bonchev–Trinajstić information content (AvgIpc) is 2.81. The van der Waals surface area contributed by atoms with Crippen LogP contribution in [0.25, 0.3) is 16.6 Å². The fraction of sp³-hybridized carbons (Fsp3) is 0.304. The molecule has 0 aliphatic carbocycles. The van der Waals surface area contributed by atoms with Gasteiger partial charge in [0.25, 0.3) is 5.91 Å². The van der Waals surface area contributed by atoms with E-state index in [-0.39, 0.29) is 45.1 Å². The summed E-state index contributed by atoms with van der Waals surface area (Å²) in [6.45, 7) is 2.66. The number of nitrogens with zero attached hydrogens (tertiary/aromatic N) is 2. The first-order valence-corrected chi connectivity index (χ1v) is 11.7. The van der Waals surface area contributed by atoms with Gasteiger partial charge in [-0.1, -0.05) is 34.8 Å². The Labute approximate surface area is 220 Å². The molecule has 3 aromatic rings. The molecule has 0 aliphatic rings. The zero-order valence-electron chi connectivity index (χ0n) is 19.4. The number of aromatic nitrogens is 2. The minimum atomic E-state index is -1.48. The third-order valence-corrected chi connectivity index (χ3v) is 5.79. The van der Waals surface area contributed by atoms with Gasteiger partial charge >= 0.3 is 5.97 Å². The average molecular weight is 559 g/mol. The second kappa shape index (κ2) is 11.8. The smallest absolute Gasteiger partial charge is 0.302 e. The van der Waals surface area contributed by atoms with Crippen LogP contribution < -0.4 is 20.2 Å². The topological polar surface area (TPSA) is 129 Å². The maximum Gasteiger partial charge on any atom is 0.302 e. The van der Waals surface area contributed by atoms with Crippen molar-refractivity contribution in [1.29, 1.82) is 0 Å². The highest BCUT2D eigenvalue weighted by Crippen LogP contribution is 2.38. The molecule has 3 rings (SSSR count). The van der Waals surface area contributed by atoms with E-state index in [2.05, 4.69) is 10.3 Å². The molecular formula is C23H22Cl3N3O7. The van der Waals surface area contributed by atoms with Crippen LogP contribution in [0, 0.1) is 6.92 Å². The number of amides is 1. The van der Waals surface area contributed by atoms with Gasteiger partial charge in [0, 0.05) is 37.9 Å². The maximum atomic E-state index is 13.0. The molecule has 2 aromatic heterocycles. The van der Waals surface area contributed by atoms with Gasteiger partial charge in [-0.25, -0.2) is 4.98 Å². The van der Waals surface area contributed by atoms with Crippen molar-refractivity contribution in [3.63, 3.8) is 0 Å². The van der Waals surface area contributed by atoms with Gasteiger partial charge in [-0.3, -0.25) is 14.4 Å². The molecule has 0 unspecified atom stereocenters. The van der Waals surface area contributed by atoms with Crippen LogP contribution in [0.3, 0.4) is 0 Å². The number of nitrogens with one attached hydrogen (secondary N) is 1. The summed E-state index contributed by atoms with van der Waals surface area (Å²) >= 11 is 19.6. The summed E-state index contributed by atoms with van der Waals surface area (Å²) in [4.78, 5) is 39.5. The molecule has 1 atom stereocenters. The fourth-order valence-electron chi connectivity index (χ4n) is 3.39.